The summed E-state index contributed by atoms with van der Waals surface area (Å²) in [4.78, 5) is 25.2. The number of aromatic nitrogens is 4. The fourth-order valence-corrected chi connectivity index (χ4v) is 3.82. The van der Waals surface area contributed by atoms with Crippen molar-refractivity contribution in [3.05, 3.63) is 66.1 Å². The van der Waals surface area contributed by atoms with Crippen LogP contribution in [0.4, 0.5) is 11.6 Å². The van der Waals surface area contributed by atoms with Gasteiger partial charge in [-0.2, -0.15) is 5.26 Å². The first-order valence-electron chi connectivity index (χ1n) is 10.8. The second-order valence-electron chi connectivity index (χ2n) is 8.08. The summed E-state index contributed by atoms with van der Waals surface area (Å²) in [6, 6.07) is 15.7. The third-order valence-electron chi connectivity index (χ3n) is 5.74. The minimum atomic E-state index is -0.253. The van der Waals surface area contributed by atoms with Crippen LogP contribution in [0.15, 0.2) is 55.0 Å². The van der Waals surface area contributed by atoms with E-state index in [4.69, 9.17) is 15.0 Å². The van der Waals surface area contributed by atoms with E-state index in [1.165, 1.54) is 25.5 Å². The number of hydrogen-bond acceptors (Lipinski definition) is 7. The number of pyridine rings is 2. The van der Waals surface area contributed by atoms with Crippen molar-refractivity contribution in [1.29, 1.82) is 5.26 Å². The molecule has 0 radical (unpaired) electrons. The summed E-state index contributed by atoms with van der Waals surface area (Å²) in [7, 11) is 1.39. The number of benzene rings is 1. The number of anilines is 2. The summed E-state index contributed by atoms with van der Waals surface area (Å²) in [6.45, 7) is 0.496. The molecule has 0 saturated heterocycles. The molecule has 8 nitrogen and oxygen atoms in total. The number of imidazole rings is 1. The molecule has 0 amide bonds. The van der Waals surface area contributed by atoms with E-state index in [1.807, 2.05) is 16.7 Å². The first-order chi connectivity index (χ1) is 16.1. The van der Waals surface area contributed by atoms with Crippen LogP contribution in [0, 0.1) is 11.3 Å². The third-order valence-corrected chi connectivity index (χ3v) is 5.74. The number of nitriles is 1. The van der Waals surface area contributed by atoms with E-state index in [2.05, 4.69) is 39.6 Å². The molecule has 0 unspecified atom stereocenters. The Labute approximate surface area is 190 Å². The second-order valence-corrected chi connectivity index (χ2v) is 8.08. The van der Waals surface area contributed by atoms with Gasteiger partial charge in [0.05, 0.1) is 48.2 Å². The van der Waals surface area contributed by atoms with Crippen LogP contribution < -0.4 is 5.32 Å². The summed E-state index contributed by atoms with van der Waals surface area (Å²) >= 11 is 0. The maximum absolute atomic E-state index is 11.6. The lowest BCUT2D eigenvalue weighted by molar-refractivity contribution is -0.140. The normalized spacial score (nSPS) is 13.0. The molecule has 5 rings (SSSR count). The predicted octanol–water partition coefficient (Wildman–Crippen LogP) is 4.55. The van der Waals surface area contributed by atoms with E-state index in [0.717, 1.165) is 22.3 Å². The number of fused-ring (bicyclic) bond motifs is 1. The molecule has 1 aliphatic carbocycles. The van der Waals surface area contributed by atoms with Crippen LogP contribution in [-0.4, -0.2) is 32.6 Å². The van der Waals surface area contributed by atoms with Gasteiger partial charge in [-0.3, -0.25) is 4.79 Å². The van der Waals surface area contributed by atoms with Crippen molar-refractivity contribution < 1.29 is 9.53 Å². The highest BCUT2D eigenvalue weighted by Gasteiger charge is 2.25. The van der Waals surface area contributed by atoms with Gasteiger partial charge in [-0.15, -0.1) is 0 Å². The lowest BCUT2D eigenvalue weighted by atomic mass is 10.1. The van der Waals surface area contributed by atoms with Crippen LogP contribution in [0.25, 0.3) is 22.3 Å². The molecule has 1 aromatic carbocycles. The van der Waals surface area contributed by atoms with Crippen molar-refractivity contribution in [1.82, 2.24) is 19.5 Å². The molecule has 1 fully saturated rings. The number of rotatable bonds is 7. The third kappa shape index (κ3) is 4.53. The predicted molar refractivity (Wildman–Crippen MR) is 124 cm³/mol. The highest BCUT2D eigenvalue weighted by atomic mass is 16.5. The Kier molecular flexibility index (Phi) is 5.45. The average molecular weight is 438 g/mol. The van der Waals surface area contributed by atoms with Gasteiger partial charge in [0.1, 0.15) is 11.6 Å². The zero-order chi connectivity index (χ0) is 22.8. The number of aryl methyl sites for hydroxylation is 1. The number of carbonyl (C=O) groups is 1. The molecule has 1 saturated carbocycles. The number of esters is 1. The minimum Gasteiger partial charge on any atom is -0.469 e. The molecule has 8 heteroatoms. The SMILES string of the molecule is COC(=O)CCn1cnc2ccc(-c3cc(C4CC4)cc(Nc4cc(C#N)ccn4)n3)cc21. The van der Waals surface area contributed by atoms with Crippen molar-refractivity contribution in [2.45, 2.75) is 31.7 Å². The van der Waals surface area contributed by atoms with Crippen molar-refractivity contribution in [2.24, 2.45) is 0 Å². The summed E-state index contributed by atoms with van der Waals surface area (Å²) < 4.78 is 6.71. The molecular weight excluding hydrogens is 416 g/mol. The van der Waals surface area contributed by atoms with Crippen LogP contribution in [0.5, 0.6) is 0 Å². The second kappa shape index (κ2) is 8.71. The standard InChI is InChI=1S/C25H22N6O2/c1-33-25(32)7-9-31-15-28-20-5-4-18(12-22(20)31)21-11-19(17-2-3-17)13-24(29-21)30-23-10-16(14-26)6-8-27-23/h4-6,8,10-13,15,17H,2-3,7,9H2,1H3,(H,27,29,30). The molecule has 0 bridgehead atoms. The molecule has 0 spiro atoms. The van der Waals surface area contributed by atoms with Gasteiger partial charge in [0.15, 0.2) is 0 Å². The molecule has 0 aliphatic heterocycles. The Balaban J connectivity index is 1.50. The Morgan fingerprint density at radius 1 is 1.18 bits per heavy atom. The van der Waals surface area contributed by atoms with Gasteiger partial charge in [-0.1, -0.05) is 6.07 Å². The van der Waals surface area contributed by atoms with E-state index >= 15 is 0 Å². The fourth-order valence-electron chi connectivity index (χ4n) is 3.82. The number of ether oxygens (including phenoxy) is 1. The van der Waals surface area contributed by atoms with E-state index in [-0.39, 0.29) is 12.4 Å². The fraction of sp³-hybridized carbons (Fsp3) is 0.240. The average Bonchev–Trinajstić information content (AvgIpc) is 3.62. The van der Waals surface area contributed by atoms with Gasteiger partial charge < -0.3 is 14.6 Å². The van der Waals surface area contributed by atoms with Gasteiger partial charge in [0.2, 0.25) is 0 Å². The lowest BCUT2D eigenvalue weighted by Crippen LogP contribution is -2.06. The summed E-state index contributed by atoms with van der Waals surface area (Å²) in [5.41, 5.74) is 5.38. The van der Waals surface area contributed by atoms with E-state index in [0.29, 0.717) is 29.7 Å². The maximum Gasteiger partial charge on any atom is 0.307 e. The number of carbonyl (C=O) groups excluding carboxylic acids is 1. The van der Waals surface area contributed by atoms with Crippen molar-refractivity contribution in [3.63, 3.8) is 0 Å². The maximum atomic E-state index is 11.6. The zero-order valence-electron chi connectivity index (χ0n) is 18.2. The van der Waals surface area contributed by atoms with Gasteiger partial charge >= 0.3 is 5.97 Å². The van der Waals surface area contributed by atoms with E-state index in [9.17, 15) is 4.79 Å². The van der Waals surface area contributed by atoms with Gasteiger partial charge in [-0.25, -0.2) is 15.0 Å². The number of nitrogens with zero attached hydrogens (tertiary/aromatic N) is 5. The summed E-state index contributed by atoms with van der Waals surface area (Å²) in [5.74, 6) is 1.56. The number of methoxy groups -OCH3 is 1. The van der Waals surface area contributed by atoms with Crippen LogP contribution in [0.2, 0.25) is 0 Å². The quantitative estimate of drug-likeness (QED) is 0.422. The Morgan fingerprint density at radius 3 is 2.85 bits per heavy atom. The highest BCUT2D eigenvalue weighted by molar-refractivity contribution is 5.82. The Hall–Kier alpha value is -4.25. The van der Waals surface area contributed by atoms with Crippen LogP contribution >= 0.6 is 0 Å². The number of hydrogen-bond donors (Lipinski definition) is 1. The Morgan fingerprint density at radius 2 is 2.06 bits per heavy atom. The smallest absolute Gasteiger partial charge is 0.307 e. The number of nitrogens with one attached hydrogen (secondary N) is 1. The van der Waals surface area contributed by atoms with Gasteiger partial charge in [0, 0.05) is 18.3 Å². The van der Waals surface area contributed by atoms with E-state index < -0.39 is 0 Å². The van der Waals surface area contributed by atoms with Crippen LogP contribution in [0.1, 0.15) is 36.3 Å². The first kappa shape index (κ1) is 20.6. The minimum absolute atomic E-state index is 0.253. The van der Waals surface area contributed by atoms with Crippen molar-refractivity contribution in [3.8, 4) is 17.3 Å². The van der Waals surface area contributed by atoms with Gasteiger partial charge in [-0.05, 0) is 60.7 Å². The topological polar surface area (TPSA) is 106 Å². The van der Waals surface area contributed by atoms with E-state index in [1.54, 1.807) is 24.7 Å². The molecule has 1 N–H and O–H groups in total. The first-order valence-corrected chi connectivity index (χ1v) is 10.8. The summed E-state index contributed by atoms with van der Waals surface area (Å²) in [6.07, 6.45) is 5.97. The zero-order valence-corrected chi connectivity index (χ0v) is 18.2. The van der Waals surface area contributed by atoms with Crippen molar-refractivity contribution in [2.75, 3.05) is 12.4 Å². The molecule has 164 valence electrons. The molecule has 33 heavy (non-hydrogen) atoms. The van der Waals surface area contributed by atoms with Crippen molar-refractivity contribution >= 4 is 28.6 Å². The molecular formula is C25H22N6O2. The summed E-state index contributed by atoms with van der Waals surface area (Å²) in [5, 5.41) is 12.4. The lowest BCUT2D eigenvalue weighted by Gasteiger charge is -2.11. The monoisotopic (exact) mass is 438 g/mol. The molecule has 0 atom stereocenters. The largest absolute Gasteiger partial charge is 0.469 e. The molecule has 3 heterocycles. The van der Waals surface area contributed by atoms with Gasteiger partial charge in [0.25, 0.3) is 0 Å². The molecule has 1 aliphatic rings. The van der Waals surface area contributed by atoms with Crippen LogP contribution in [-0.2, 0) is 16.1 Å². The van der Waals surface area contributed by atoms with Crippen LogP contribution in [0.3, 0.4) is 0 Å². The Bertz CT molecular complexity index is 1380. The highest BCUT2D eigenvalue weighted by Crippen LogP contribution is 2.42. The molecule has 4 aromatic rings. The molecule has 3 aromatic heterocycles.